The van der Waals surface area contributed by atoms with Crippen molar-refractivity contribution in [3.8, 4) is 0 Å². The fraction of sp³-hybridized carbons (Fsp3) is 0.214. The standard InChI is InChI=1S/C14H15N3O2/c1-11-8-15-7-6-13(11)10-16-9-12-2-4-14(5-3-12)17(18)19/h2-8,16H,9-10H2,1H3. The van der Waals surface area contributed by atoms with Gasteiger partial charge < -0.3 is 5.32 Å². The second-order valence-corrected chi connectivity index (χ2v) is 4.33. The molecule has 5 heteroatoms. The van der Waals surface area contributed by atoms with Crippen LogP contribution in [0.5, 0.6) is 0 Å². The van der Waals surface area contributed by atoms with Gasteiger partial charge in [0, 0.05) is 37.6 Å². The van der Waals surface area contributed by atoms with Crippen molar-refractivity contribution in [1.82, 2.24) is 10.3 Å². The van der Waals surface area contributed by atoms with Gasteiger partial charge in [0.1, 0.15) is 0 Å². The van der Waals surface area contributed by atoms with Crippen molar-refractivity contribution in [3.05, 3.63) is 69.5 Å². The molecule has 0 unspecified atom stereocenters. The molecule has 0 aliphatic carbocycles. The highest BCUT2D eigenvalue weighted by molar-refractivity contribution is 5.32. The third-order valence-electron chi connectivity index (χ3n) is 2.93. The van der Waals surface area contributed by atoms with Gasteiger partial charge in [0.2, 0.25) is 0 Å². The number of aryl methyl sites for hydroxylation is 1. The smallest absolute Gasteiger partial charge is 0.269 e. The van der Waals surface area contributed by atoms with Crippen LogP contribution in [-0.4, -0.2) is 9.91 Å². The zero-order valence-electron chi connectivity index (χ0n) is 10.7. The van der Waals surface area contributed by atoms with E-state index in [1.165, 1.54) is 17.7 Å². The highest BCUT2D eigenvalue weighted by Crippen LogP contribution is 2.12. The molecule has 98 valence electrons. The number of non-ortho nitro benzene ring substituents is 1. The molecule has 0 saturated heterocycles. The predicted molar refractivity (Wildman–Crippen MR) is 72.6 cm³/mol. The van der Waals surface area contributed by atoms with Crippen molar-refractivity contribution in [2.75, 3.05) is 0 Å². The normalized spacial score (nSPS) is 10.4. The van der Waals surface area contributed by atoms with E-state index in [9.17, 15) is 10.1 Å². The predicted octanol–water partition coefficient (Wildman–Crippen LogP) is 2.59. The van der Waals surface area contributed by atoms with Gasteiger partial charge in [0.25, 0.3) is 5.69 Å². The van der Waals surface area contributed by atoms with Gasteiger partial charge in [-0.15, -0.1) is 0 Å². The Morgan fingerprint density at radius 2 is 1.95 bits per heavy atom. The van der Waals surface area contributed by atoms with Crippen molar-refractivity contribution in [2.24, 2.45) is 0 Å². The maximum Gasteiger partial charge on any atom is 0.269 e. The minimum absolute atomic E-state index is 0.119. The van der Waals surface area contributed by atoms with E-state index in [4.69, 9.17) is 0 Å². The molecule has 5 nitrogen and oxygen atoms in total. The molecule has 1 aromatic carbocycles. The molecule has 0 saturated carbocycles. The zero-order valence-corrected chi connectivity index (χ0v) is 10.7. The SMILES string of the molecule is Cc1cnccc1CNCc1ccc([N+](=O)[O-])cc1. The summed E-state index contributed by atoms with van der Waals surface area (Å²) >= 11 is 0. The monoisotopic (exact) mass is 257 g/mol. The Kier molecular flexibility index (Phi) is 4.20. The molecule has 1 heterocycles. The molecule has 0 amide bonds. The third kappa shape index (κ3) is 3.59. The number of nitrogens with one attached hydrogen (secondary N) is 1. The van der Waals surface area contributed by atoms with Crippen LogP contribution in [0.25, 0.3) is 0 Å². The minimum atomic E-state index is -0.391. The summed E-state index contributed by atoms with van der Waals surface area (Å²) in [4.78, 5) is 14.2. The summed E-state index contributed by atoms with van der Waals surface area (Å²) in [5.41, 5.74) is 3.50. The first kappa shape index (κ1) is 13.2. The van der Waals surface area contributed by atoms with E-state index in [0.717, 1.165) is 17.7 Å². The summed E-state index contributed by atoms with van der Waals surface area (Å²) in [6.45, 7) is 3.46. The van der Waals surface area contributed by atoms with Crippen LogP contribution in [0.2, 0.25) is 0 Å². The van der Waals surface area contributed by atoms with E-state index < -0.39 is 4.92 Å². The van der Waals surface area contributed by atoms with Crippen LogP contribution in [0.1, 0.15) is 16.7 Å². The molecule has 0 bridgehead atoms. The first-order valence-corrected chi connectivity index (χ1v) is 6.00. The number of pyridine rings is 1. The Labute approximate surface area is 111 Å². The number of nitro benzene ring substituents is 1. The van der Waals surface area contributed by atoms with E-state index in [-0.39, 0.29) is 5.69 Å². The van der Waals surface area contributed by atoms with Gasteiger partial charge in [-0.3, -0.25) is 15.1 Å². The summed E-state index contributed by atoms with van der Waals surface area (Å²) in [5, 5.41) is 13.8. The van der Waals surface area contributed by atoms with Crippen molar-refractivity contribution >= 4 is 5.69 Å². The number of nitro groups is 1. The van der Waals surface area contributed by atoms with E-state index in [1.807, 2.05) is 19.2 Å². The molecule has 2 rings (SSSR count). The second kappa shape index (κ2) is 6.06. The van der Waals surface area contributed by atoms with Crippen LogP contribution in [0.15, 0.2) is 42.7 Å². The van der Waals surface area contributed by atoms with Gasteiger partial charge in [-0.2, -0.15) is 0 Å². The molecule has 1 aromatic heterocycles. The Morgan fingerprint density at radius 1 is 1.21 bits per heavy atom. The van der Waals surface area contributed by atoms with Crippen LogP contribution < -0.4 is 5.32 Å². The number of nitrogens with zero attached hydrogens (tertiary/aromatic N) is 2. The molecule has 19 heavy (non-hydrogen) atoms. The number of hydrogen-bond donors (Lipinski definition) is 1. The molecule has 0 fully saturated rings. The maximum absolute atomic E-state index is 10.5. The van der Waals surface area contributed by atoms with E-state index in [2.05, 4.69) is 10.3 Å². The Morgan fingerprint density at radius 3 is 2.58 bits per heavy atom. The van der Waals surface area contributed by atoms with Crippen molar-refractivity contribution < 1.29 is 4.92 Å². The summed E-state index contributed by atoms with van der Waals surface area (Å²) in [6, 6.07) is 8.57. The number of hydrogen-bond acceptors (Lipinski definition) is 4. The third-order valence-corrected chi connectivity index (χ3v) is 2.93. The summed E-state index contributed by atoms with van der Waals surface area (Å²) in [7, 11) is 0. The number of benzene rings is 1. The Hall–Kier alpha value is -2.27. The molecular formula is C14H15N3O2. The van der Waals surface area contributed by atoms with Crippen LogP contribution in [0, 0.1) is 17.0 Å². The number of aromatic nitrogens is 1. The lowest BCUT2D eigenvalue weighted by molar-refractivity contribution is -0.384. The summed E-state index contributed by atoms with van der Waals surface area (Å²) in [5.74, 6) is 0. The summed E-state index contributed by atoms with van der Waals surface area (Å²) in [6.07, 6.45) is 3.61. The maximum atomic E-state index is 10.5. The molecule has 2 aromatic rings. The Balaban J connectivity index is 1.89. The highest BCUT2D eigenvalue weighted by Gasteiger charge is 2.03. The Bertz CT molecular complexity index is 567. The minimum Gasteiger partial charge on any atom is -0.309 e. The van der Waals surface area contributed by atoms with Crippen LogP contribution in [-0.2, 0) is 13.1 Å². The van der Waals surface area contributed by atoms with Crippen LogP contribution in [0.4, 0.5) is 5.69 Å². The summed E-state index contributed by atoms with van der Waals surface area (Å²) < 4.78 is 0. The average molecular weight is 257 g/mol. The van der Waals surface area contributed by atoms with Crippen molar-refractivity contribution in [2.45, 2.75) is 20.0 Å². The molecule has 0 aliphatic heterocycles. The van der Waals surface area contributed by atoms with Crippen molar-refractivity contribution in [1.29, 1.82) is 0 Å². The molecule has 0 radical (unpaired) electrons. The van der Waals surface area contributed by atoms with E-state index in [0.29, 0.717) is 6.54 Å². The van der Waals surface area contributed by atoms with Gasteiger partial charge in [0.15, 0.2) is 0 Å². The lowest BCUT2D eigenvalue weighted by Crippen LogP contribution is -2.13. The van der Waals surface area contributed by atoms with Crippen LogP contribution in [0.3, 0.4) is 0 Å². The fourth-order valence-corrected chi connectivity index (χ4v) is 1.78. The van der Waals surface area contributed by atoms with Gasteiger partial charge in [-0.1, -0.05) is 12.1 Å². The van der Waals surface area contributed by atoms with Gasteiger partial charge in [0.05, 0.1) is 4.92 Å². The van der Waals surface area contributed by atoms with Gasteiger partial charge in [-0.25, -0.2) is 0 Å². The number of rotatable bonds is 5. The zero-order chi connectivity index (χ0) is 13.7. The van der Waals surface area contributed by atoms with E-state index >= 15 is 0 Å². The molecule has 1 N–H and O–H groups in total. The lowest BCUT2D eigenvalue weighted by atomic mass is 10.1. The quantitative estimate of drug-likeness (QED) is 0.660. The molecule has 0 spiro atoms. The highest BCUT2D eigenvalue weighted by atomic mass is 16.6. The molecule has 0 atom stereocenters. The first-order chi connectivity index (χ1) is 9.16. The lowest BCUT2D eigenvalue weighted by Gasteiger charge is -2.07. The van der Waals surface area contributed by atoms with Crippen molar-refractivity contribution in [3.63, 3.8) is 0 Å². The van der Waals surface area contributed by atoms with Gasteiger partial charge >= 0.3 is 0 Å². The fourth-order valence-electron chi connectivity index (χ4n) is 1.78. The average Bonchev–Trinajstić information content (AvgIpc) is 2.41. The topological polar surface area (TPSA) is 68.1 Å². The molecular weight excluding hydrogens is 242 g/mol. The second-order valence-electron chi connectivity index (χ2n) is 4.33. The molecule has 0 aliphatic rings. The largest absolute Gasteiger partial charge is 0.309 e. The van der Waals surface area contributed by atoms with Gasteiger partial charge in [-0.05, 0) is 29.7 Å². The first-order valence-electron chi connectivity index (χ1n) is 6.00. The van der Waals surface area contributed by atoms with Crippen LogP contribution >= 0.6 is 0 Å². The van der Waals surface area contributed by atoms with E-state index in [1.54, 1.807) is 18.3 Å².